The van der Waals surface area contributed by atoms with E-state index in [-0.39, 0.29) is 5.97 Å². The van der Waals surface area contributed by atoms with Gasteiger partial charge in [-0.05, 0) is 71.9 Å². The highest BCUT2D eigenvalue weighted by Crippen LogP contribution is 2.35. The predicted molar refractivity (Wildman–Crippen MR) is 89.4 cm³/mol. The van der Waals surface area contributed by atoms with Crippen LogP contribution in [-0.4, -0.2) is 13.1 Å². The Bertz CT molecular complexity index is 775. The fourth-order valence-electron chi connectivity index (χ4n) is 2.91. The first-order valence-corrected chi connectivity index (χ1v) is 7.66. The molecule has 0 spiro atoms. The highest BCUT2D eigenvalue weighted by Gasteiger charge is 2.18. The first-order chi connectivity index (χ1) is 10.6. The normalized spacial score (nSPS) is 13.3. The van der Waals surface area contributed by atoms with Crippen molar-refractivity contribution < 1.29 is 9.53 Å². The number of aryl methyl sites for hydroxylation is 2. The summed E-state index contributed by atoms with van der Waals surface area (Å²) in [6.07, 6.45) is 4.20. The molecule has 1 aliphatic rings. The lowest BCUT2D eigenvalue weighted by Gasteiger charge is -2.20. The van der Waals surface area contributed by atoms with Gasteiger partial charge in [-0.15, -0.1) is 0 Å². The molecule has 0 amide bonds. The van der Waals surface area contributed by atoms with E-state index in [0.717, 1.165) is 34.6 Å². The second-order valence-electron chi connectivity index (χ2n) is 5.48. The number of allylic oxidation sites excluding steroid dienone is 1. The summed E-state index contributed by atoms with van der Waals surface area (Å²) in [5, 5.41) is 0.720. The number of hydrogen-bond acceptors (Lipinski definition) is 2. The summed E-state index contributed by atoms with van der Waals surface area (Å²) in [6, 6.07) is 11.7. The van der Waals surface area contributed by atoms with Gasteiger partial charge in [-0.25, -0.2) is 4.79 Å². The number of carbonyl (C=O) groups is 1. The Morgan fingerprint density at radius 1 is 1.14 bits per heavy atom. The van der Waals surface area contributed by atoms with Gasteiger partial charge in [-0.3, -0.25) is 0 Å². The minimum atomic E-state index is -0.310. The summed E-state index contributed by atoms with van der Waals surface area (Å²) in [5.41, 5.74) is 6.37. The molecule has 2 aromatic carbocycles. The number of methoxy groups -OCH3 is 1. The van der Waals surface area contributed by atoms with Crippen molar-refractivity contribution in [1.29, 1.82) is 0 Å². The summed E-state index contributed by atoms with van der Waals surface area (Å²) in [6.45, 7) is 2.07. The highest BCUT2D eigenvalue weighted by molar-refractivity contribution is 6.30. The van der Waals surface area contributed by atoms with Crippen molar-refractivity contribution in [2.24, 2.45) is 0 Å². The molecule has 3 rings (SSSR count). The van der Waals surface area contributed by atoms with Crippen molar-refractivity contribution >= 4 is 23.1 Å². The molecule has 0 aliphatic heterocycles. The number of fused-ring (bicyclic) bond motifs is 1. The fraction of sp³-hybridized carbons (Fsp3) is 0.211. The molecular formula is C19H17ClO2. The standard InChI is InChI=1S/C19H17ClO2/c1-12-6-9-15(20)11-17(12)16-5-3-4-13-7-8-14(10-18(13)16)19(21)22-2/h5-11H,3-4H2,1-2H3. The molecule has 1 aliphatic carbocycles. The number of rotatable bonds is 2. The van der Waals surface area contributed by atoms with Crippen LogP contribution in [-0.2, 0) is 11.2 Å². The maximum Gasteiger partial charge on any atom is 0.337 e. The average Bonchev–Trinajstić information content (AvgIpc) is 2.55. The van der Waals surface area contributed by atoms with Gasteiger partial charge in [0.15, 0.2) is 0 Å². The first-order valence-electron chi connectivity index (χ1n) is 7.28. The van der Waals surface area contributed by atoms with Crippen LogP contribution in [0.2, 0.25) is 5.02 Å². The van der Waals surface area contributed by atoms with Crippen LogP contribution in [0.1, 0.15) is 39.0 Å². The van der Waals surface area contributed by atoms with Gasteiger partial charge in [0, 0.05) is 5.02 Å². The van der Waals surface area contributed by atoms with Crippen molar-refractivity contribution in [1.82, 2.24) is 0 Å². The van der Waals surface area contributed by atoms with E-state index in [0.29, 0.717) is 5.56 Å². The van der Waals surface area contributed by atoms with Crippen molar-refractivity contribution in [3.8, 4) is 0 Å². The van der Waals surface area contributed by atoms with E-state index >= 15 is 0 Å². The molecule has 0 N–H and O–H groups in total. The molecule has 2 aromatic rings. The average molecular weight is 313 g/mol. The van der Waals surface area contributed by atoms with E-state index in [1.165, 1.54) is 18.2 Å². The Labute approximate surface area is 135 Å². The molecule has 0 radical (unpaired) electrons. The van der Waals surface area contributed by atoms with Crippen LogP contribution in [0.4, 0.5) is 0 Å². The summed E-state index contributed by atoms with van der Waals surface area (Å²) in [5.74, 6) is -0.310. The number of halogens is 1. The lowest BCUT2D eigenvalue weighted by molar-refractivity contribution is 0.0600. The molecule has 22 heavy (non-hydrogen) atoms. The second kappa shape index (κ2) is 5.98. The van der Waals surface area contributed by atoms with Gasteiger partial charge in [0.05, 0.1) is 12.7 Å². The monoisotopic (exact) mass is 312 g/mol. The molecule has 0 saturated carbocycles. The zero-order valence-corrected chi connectivity index (χ0v) is 13.4. The highest BCUT2D eigenvalue weighted by atomic mass is 35.5. The minimum Gasteiger partial charge on any atom is -0.465 e. The Balaban J connectivity index is 2.14. The number of hydrogen-bond donors (Lipinski definition) is 0. The molecule has 0 heterocycles. The van der Waals surface area contributed by atoms with Crippen LogP contribution >= 0.6 is 11.6 Å². The molecule has 112 valence electrons. The van der Waals surface area contributed by atoms with Crippen LogP contribution in [0.15, 0.2) is 42.5 Å². The summed E-state index contributed by atoms with van der Waals surface area (Å²) >= 11 is 6.17. The molecule has 2 nitrogen and oxygen atoms in total. The Kier molecular flexibility index (Phi) is 4.04. The summed E-state index contributed by atoms with van der Waals surface area (Å²) < 4.78 is 4.83. The SMILES string of the molecule is COC(=O)c1ccc2c(c1)C(c1cc(Cl)ccc1C)=CCC2. The second-order valence-corrected chi connectivity index (χ2v) is 5.92. The summed E-state index contributed by atoms with van der Waals surface area (Å²) in [7, 11) is 1.40. The lowest BCUT2D eigenvalue weighted by Crippen LogP contribution is -2.07. The molecule has 0 fully saturated rings. The van der Waals surface area contributed by atoms with Gasteiger partial charge in [0.25, 0.3) is 0 Å². The quantitative estimate of drug-likeness (QED) is 0.744. The number of carbonyl (C=O) groups excluding carboxylic acids is 1. The summed E-state index contributed by atoms with van der Waals surface area (Å²) in [4.78, 5) is 11.8. The number of benzene rings is 2. The van der Waals surface area contributed by atoms with Gasteiger partial charge in [-0.2, -0.15) is 0 Å². The van der Waals surface area contributed by atoms with E-state index in [1.54, 1.807) is 0 Å². The first kappa shape index (κ1) is 14.9. The third kappa shape index (κ3) is 2.67. The van der Waals surface area contributed by atoms with E-state index in [2.05, 4.69) is 13.0 Å². The molecule has 0 aromatic heterocycles. The van der Waals surface area contributed by atoms with E-state index in [4.69, 9.17) is 16.3 Å². The van der Waals surface area contributed by atoms with Crippen LogP contribution in [0, 0.1) is 6.92 Å². The Hall–Kier alpha value is -2.06. The van der Waals surface area contributed by atoms with Crippen LogP contribution in [0.3, 0.4) is 0 Å². The lowest BCUT2D eigenvalue weighted by atomic mass is 9.84. The molecule has 0 atom stereocenters. The van der Waals surface area contributed by atoms with Crippen molar-refractivity contribution in [2.75, 3.05) is 7.11 Å². The maximum absolute atomic E-state index is 11.8. The van der Waals surface area contributed by atoms with Crippen LogP contribution in [0.25, 0.3) is 5.57 Å². The van der Waals surface area contributed by atoms with E-state index in [9.17, 15) is 4.79 Å². The largest absolute Gasteiger partial charge is 0.465 e. The molecule has 0 saturated heterocycles. The van der Waals surface area contributed by atoms with Crippen LogP contribution < -0.4 is 0 Å². The van der Waals surface area contributed by atoms with Gasteiger partial charge >= 0.3 is 5.97 Å². The van der Waals surface area contributed by atoms with Gasteiger partial charge in [0.1, 0.15) is 0 Å². The van der Waals surface area contributed by atoms with Gasteiger partial charge in [0.2, 0.25) is 0 Å². The molecule has 0 unspecified atom stereocenters. The van der Waals surface area contributed by atoms with Crippen molar-refractivity contribution in [3.05, 3.63) is 75.3 Å². The van der Waals surface area contributed by atoms with Gasteiger partial charge in [-0.1, -0.05) is 29.8 Å². The van der Waals surface area contributed by atoms with Crippen molar-refractivity contribution in [2.45, 2.75) is 19.8 Å². The van der Waals surface area contributed by atoms with Gasteiger partial charge < -0.3 is 4.74 Å². The molecule has 0 bridgehead atoms. The molecular weight excluding hydrogens is 296 g/mol. The zero-order valence-electron chi connectivity index (χ0n) is 12.7. The Morgan fingerprint density at radius 2 is 1.95 bits per heavy atom. The minimum absolute atomic E-state index is 0.310. The van der Waals surface area contributed by atoms with Crippen LogP contribution in [0.5, 0.6) is 0 Å². The zero-order chi connectivity index (χ0) is 15.7. The van der Waals surface area contributed by atoms with Crippen molar-refractivity contribution in [3.63, 3.8) is 0 Å². The van der Waals surface area contributed by atoms with E-state index in [1.807, 2.05) is 36.4 Å². The van der Waals surface area contributed by atoms with E-state index < -0.39 is 0 Å². The third-order valence-electron chi connectivity index (χ3n) is 4.07. The topological polar surface area (TPSA) is 26.3 Å². The smallest absolute Gasteiger partial charge is 0.337 e. The number of esters is 1. The molecule has 3 heteroatoms. The third-order valence-corrected chi connectivity index (χ3v) is 4.31. The fourth-order valence-corrected chi connectivity index (χ4v) is 3.08. The maximum atomic E-state index is 11.8. The Morgan fingerprint density at radius 3 is 2.73 bits per heavy atom. The number of ether oxygens (including phenoxy) is 1. The predicted octanol–water partition coefficient (Wildman–Crippen LogP) is 4.81.